The molecule has 4 aromatic rings. The zero-order valence-electron chi connectivity index (χ0n) is 15.7. The van der Waals surface area contributed by atoms with Crippen LogP contribution in [0.2, 0.25) is 0 Å². The number of benzene rings is 2. The highest BCUT2D eigenvalue weighted by Gasteiger charge is 2.18. The topological polar surface area (TPSA) is 103 Å². The van der Waals surface area contributed by atoms with Crippen LogP contribution in [0.15, 0.2) is 71.1 Å². The number of amides is 2. The highest BCUT2D eigenvalue weighted by Crippen LogP contribution is 2.21. The first kappa shape index (κ1) is 18.5. The van der Waals surface area contributed by atoms with Gasteiger partial charge in [0.25, 0.3) is 11.8 Å². The summed E-state index contributed by atoms with van der Waals surface area (Å²) in [5, 5.41) is 2.78. The van der Waals surface area contributed by atoms with Gasteiger partial charge in [-0.1, -0.05) is 42.5 Å². The lowest BCUT2D eigenvalue weighted by Gasteiger charge is -2.10. The van der Waals surface area contributed by atoms with Crippen LogP contribution in [0.1, 0.15) is 33.1 Å². The van der Waals surface area contributed by atoms with Crippen LogP contribution in [0.3, 0.4) is 0 Å². The summed E-state index contributed by atoms with van der Waals surface area (Å²) >= 11 is 0. The molecule has 0 unspecified atom stereocenters. The van der Waals surface area contributed by atoms with E-state index in [4.69, 9.17) is 10.2 Å². The molecular formula is C22H20N4O3. The number of aromatic nitrogens is 2. The second kappa shape index (κ2) is 8.02. The van der Waals surface area contributed by atoms with Crippen LogP contribution in [0.25, 0.3) is 11.0 Å². The van der Waals surface area contributed by atoms with Gasteiger partial charge in [-0.15, -0.1) is 0 Å². The second-order valence-electron chi connectivity index (χ2n) is 6.65. The Bertz CT molecular complexity index is 1160. The maximum Gasteiger partial charge on any atom is 0.293 e. The third-order valence-corrected chi connectivity index (χ3v) is 4.64. The number of hydrogen-bond acceptors (Lipinski definition) is 4. The Morgan fingerprint density at radius 1 is 0.966 bits per heavy atom. The largest absolute Gasteiger partial charge is 0.446 e. The highest BCUT2D eigenvalue weighted by molar-refractivity contribution is 6.03. The van der Waals surface area contributed by atoms with Gasteiger partial charge < -0.3 is 14.7 Å². The predicted octanol–water partition coefficient (Wildman–Crippen LogP) is 3.61. The number of rotatable bonds is 7. The number of furan rings is 1. The summed E-state index contributed by atoms with van der Waals surface area (Å²) in [5.41, 5.74) is 8.17. The third-order valence-electron chi connectivity index (χ3n) is 4.64. The minimum Gasteiger partial charge on any atom is -0.446 e. The molecular weight excluding hydrogens is 368 g/mol. The summed E-state index contributed by atoms with van der Waals surface area (Å²) in [5.74, 6) is -0.844. The number of imidazole rings is 1. The van der Waals surface area contributed by atoms with Crippen molar-refractivity contribution >= 4 is 28.8 Å². The van der Waals surface area contributed by atoms with Gasteiger partial charge in [-0.3, -0.25) is 14.9 Å². The molecule has 2 amide bonds. The standard InChI is InChI=1S/C22H20N4O3/c23-20(27)18-12-13-19(29-18)21(28)25-22-24-16-10-4-5-11-17(16)26(22)14-6-9-15-7-2-1-3-8-15/h1-5,7-8,10-13H,6,9,14H2,(H2,23,27)(H,24,25,28). The van der Waals surface area contributed by atoms with Gasteiger partial charge in [0.2, 0.25) is 5.95 Å². The van der Waals surface area contributed by atoms with Gasteiger partial charge in [0, 0.05) is 6.54 Å². The number of fused-ring (bicyclic) bond motifs is 1. The minimum atomic E-state index is -0.725. The van der Waals surface area contributed by atoms with E-state index in [-0.39, 0.29) is 11.5 Å². The Morgan fingerprint density at radius 2 is 1.69 bits per heavy atom. The highest BCUT2D eigenvalue weighted by atomic mass is 16.4. The van der Waals surface area contributed by atoms with E-state index in [1.54, 1.807) is 0 Å². The number of carbonyl (C=O) groups is 2. The molecule has 0 saturated heterocycles. The van der Waals surface area contributed by atoms with E-state index in [1.165, 1.54) is 17.7 Å². The van der Waals surface area contributed by atoms with Crippen LogP contribution in [0.5, 0.6) is 0 Å². The molecule has 4 rings (SSSR count). The Morgan fingerprint density at radius 3 is 2.45 bits per heavy atom. The molecule has 0 bridgehead atoms. The van der Waals surface area contributed by atoms with Gasteiger partial charge in [0.15, 0.2) is 11.5 Å². The van der Waals surface area contributed by atoms with Crippen LogP contribution in [0, 0.1) is 0 Å². The zero-order chi connectivity index (χ0) is 20.2. The monoisotopic (exact) mass is 388 g/mol. The van der Waals surface area contributed by atoms with Crippen molar-refractivity contribution in [2.24, 2.45) is 5.73 Å². The second-order valence-corrected chi connectivity index (χ2v) is 6.65. The van der Waals surface area contributed by atoms with Gasteiger partial charge >= 0.3 is 0 Å². The maximum absolute atomic E-state index is 12.6. The maximum atomic E-state index is 12.6. The van der Waals surface area contributed by atoms with Gasteiger partial charge in [0.1, 0.15) is 0 Å². The summed E-state index contributed by atoms with van der Waals surface area (Å²) in [4.78, 5) is 28.3. The number of nitrogens with two attached hydrogens (primary N) is 1. The molecule has 2 aromatic heterocycles. The number of carbonyl (C=O) groups excluding carboxylic acids is 2. The summed E-state index contributed by atoms with van der Waals surface area (Å²) in [6, 6.07) is 20.8. The summed E-state index contributed by atoms with van der Waals surface area (Å²) in [6.07, 6.45) is 1.81. The van der Waals surface area contributed by atoms with Crippen LogP contribution in [-0.4, -0.2) is 21.4 Å². The Kier molecular flexibility index (Phi) is 5.11. The molecule has 0 saturated carbocycles. The number of nitrogens with one attached hydrogen (secondary N) is 1. The van der Waals surface area contributed by atoms with Crippen molar-refractivity contribution in [2.45, 2.75) is 19.4 Å². The molecule has 7 heteroatoms. The van der Waals surface area contributed by atoms with Gasteiger partial charge in [0.05, 0.1) is 11.0 Å². The van der Waals surface area contributed by atoms with Crippen molar-refractivity contribution in [3.63, 3.8) is 0 Å². The molecule has 2 heterocycles. The van der Waals surface area contributed by atoms with Gasteiger partial charge in [-0.2, -0.15) is 0 Å². The van der Waals surface area contributed by atoms with E-state index in [2.05, 4.69) is 22.4 Å². The number of para-hydroxylation sites is 2. The van der Waals surface area contributed by atoms with Crippen molar-refractivity contribution in [1.82, 2.24) is 9.55 Å². The molecule has 0 spiro atoms. The normalized spacial score (nSPS) is 10.9. The Hall–Kier alpha value is -3.87. The van der Waals surface area contributed by atoms with E-state index < -0.39 is 11.8 Å². The first-order valence-electron chi connectivity index (χ1n) is 9.32. The zero-order valence-corrected chi connectivity index (χ0v) is 15.7. The van der Waals surface area contributed by atoms with Crippen molar-refractivity contribution in [3.05, 3.63) is 83.8 Å². The fraction of sp³-hybridized carbons (Fsp3) is 0.136. The smallest absolute Gasteiger partial charge is 0.293 e. The number of anilines is 1. The molecule has 0 fully saturated rings. The predicted molar refractivity (Wildman–Crippen MR) is 110 cm³/mol. The molecule has 0 radical (unpaired) electrons. The molecule has 29 heavy (non-hydrogen) atoms. The first-order valence-corrected chi connectivity index (χ1v) is 9.32. The molecule has 146 valence electrons. The number of hydrogen-bond donors (Lipinski definition) is 2. The lowest BCUT2D eigenvalue weighted by Crippen LogP contribution is -2.16. The van der Waals surface area contributed by atoms with E-state index in [0.717, 1.165) is 23.9 Å². The summed E-state index contributed by atoms with van der Waals surface area (Å²) in [7, 11) is 0. The summed E-state index contributed by atoms with van der Waals surface area (Å²) < 4.78 is 7.19. The first-order chi connectivity index (χ1) is 14.1. The molecule has 0 aliphatic rings. The Labute approximate surface area is 167 Å². The van der Waals surface area contributed by atoms with Crippen molar-refractivity contribution in [2.75, 3.05) is 5.32 Å². The summed E-state index contributed by atoms with van der Waals surface area (Å²) in [6.45, 7) is 0.690. The van der Waals surface area contributed by atoms with Crippen LogP contribution >= 0.6 is 0 Å². The number of primary amides is 1. The molecule has 0 aliphatic heterocycles. The SMILES string of the molecule is NC(=O)c1ccc(C(=O)Nc2nc3ccccc3n2CCCc2ccccc2)o1. The molecule has 2 aromatic carbocycles. The van der Waals surface area contributed by atoms with Gasteiger partial charge in [-0.25, -0.2) is 4.98 Å². The van der Waals surface area contributed by atoms with Gasteiger partial charge in [-0.05, 0) is 42.7 Å². The molecule has 7 nitrogen and oxygen atoms in total. The fourth-order valence-corrected chi connectivity index (χ4v) is 3.24. The average molecular weight is 388 g/mol. The van der Waals surface area contributed by atoms with Crippen LogP contribution in [-0.2, 0) is 13.0 Å². The van der Waals surface area contributed by atoms with Crippen molar-refractivity contribution in [3.8, 4) is 0 Å². The number of aryl methyl sites for hydroxylation is 2. The molecule has 0 atom stereocenters. The quantitative estimate of drug-likeness (QED) is 0.505. The Balaban J connectivity index is 1.55. The third kappa shape index (κ3) is 4.03. The van der Waals surface area contributed by atoms with Crippen LogP contribution < -0.4 is 11.1 Å². The lowest BCUT2D eigenvalue weighted by atomic mass is 10.1. The fourth-order valence-electron chi connectivity index (χ4n) is 3.24. The molecule has 3 N–H and O–H groups in total. The lowest BCUT2D eigenvalue weighted by molar-refractivity contribution is 0.0959. The van der Waals surface area contributed by atoms with Crippen molar-refractivity contribution in [1.29, 1.82) is 0 Å². The average Bonchev–Trinajstić information content (AvgIpc) is 3.35. The van der Waals surface area contributed by atoms with Crippen LogP contribution in [0.4, 0.5) is 5.95 Å². The van der Waals surface area contributed by atoms with E-state index in [1.807, 2.05) is 47.0 Å². The van der Waals surface area contributed by atoms with E-state index in [0.29, 0.717) is 12.5 Å². The number of nitrogens with zero attached hydrogens (tertiary/aromatic N) is 2. The minimum absolute atomic E-state index is 0.00157. The van der Waals surface area contributed by atoms with Crippen molar-refractivity contribution < 1.29 is 14.0 Å². The van der Waals surface area contributed by atoms with E-state index in [9.17, 15) is 9.59 Å². The molecule has 0 aliphatic carbocycles. The van der Waals surface area contributed by atoms with E-state index >= 15 is 0 Å².